The number of nitrogens with one attached hydrogen (secondary N) is 1. The van der Waals surface area contributed by atoms with Crippen molar-refractivity contribution in [3.8, 4) is 0 Å². The van der Waals surface area contributed by atoms with Crippen molar-refractivity contribution in [2.75, 3.05) is 19.6 Å². The number of fused-ring (bicyclic) bond motifs is 4. The van der Waals surface area contributed by atoms with Crippen molar-refractivity contribution in [3.05, 3.63) is 30.1 Å². The van der Waals surface area contributed by atoms with Crippen LogP contribution in [0.2, 0.25) is 0 Å². The maximum Gasteiger partial charge on any atom is 0.137 e. The molecule has 3 nitrogen and oxygen atoms in total. The molecule has 3 aliphatic heterocycles. The Bertz CT molecular complexity index is 537. The summed E-state index contributed by atoms with van der Waals surface area (Å²) in [4.78, 5) is 10.3. The number of piperidine rings is 3. The molecular weight excluding hydrogens is 210 g/mol. The van der Waals surface area contributed by atoms with Crippen LogP contribution in [0.4, 0.5) is 0 Å². The van der Waals surface area contributed by atoms with Gasteiger partial charge in [-0.1, -0.05) is 0 Å². The van der Waals surface area contributed by atoms with E-state index < -0.39 is 0 Å². The molecule has 5 heterocycles. The molecule has 0 radical (unpaired) electrons. The fourth-order valence-corrected chi connectivity index (χ4v) is 3.60. The smallest absolute Gasteiger partial charge is 0.137 e. The van der Waals surface area contributed by atoms with E-state index in [1.165, 1.54) is 43.4 Å². The maximum atomic E-state index is 4.39. The van der Waals surface area contributed by atoms with Gasteiger partial charge in [0.1, 0.15) is 5.65 Å². The Labute approximate surface area is 101 Å². The highest BCUT2D eigenvalue weighted by molar-refractivity contribution is 5.80. The summed E-state index contributed by atoms with van der Waals surface area (Å²) < 4.78 is 0. The van der Waals surface area contributed by atoms with Gasteiger partial charge in [0.25, 0.3) is 0 Å². The van der Waals surface area contributed by atoms with Crippen molar-refractivity contribution in [2.45, 2.75) is 18.8 Å². The van der Waals surface area contributed by atoms with Crippen LogP contribution in [0, 0.1) is 5.92 Å². The second-order valence-electron chi connectivity index (χ2n) is 5.39. The van der Waals surface area contributed by atoms with E-state index in [-0.39, 0.29) is 0 Å². The van der Waals surface area contributed by atoms with E-state index >= 15 is 0 Å². The summed E-state index contributed by atoms with van der Waals surface area (Å²) in [5.74, 6) is 1.61. The van der Waals surface area contributed by atoms with Gasteiger partial charge in [-0.05, 0) is 49.5 Å². The molecule has 1 unspecified atom stereocenters. The average molecular weight is 227 g/mol. The zero-order chi connectivity index (χ0) is 11.2. The molecule has 3 aliphatic rings. The van der Waals surface area contributed by atoms with Gasteiger partial charge < -0.3 is 9.88 Å². The van der Waals surface area contributed by atoms with E-state index in [0.717, 1.165) is 17.5 Å². The van der Waals surface area contributed by atoms with Gasteiger partial charge in [-0.15, -0.1) is 0 Å². The molecule has 0 aromatic carbocycles. The first-order chi connectivity index (χ1) is 8.42. The molecule has 1 atom stereocenters. The number of rotatable bonds is 1. The first-order valence-corrected chi connectivity index (χ1v) is 6.56. The van der Waals surface area contributed by atoms with Gasteiger partial charge in [-0.25, -0.2) is 4.98 Å². The van der Waals surface area contributed by atoms with E-state index in [0.29, 0.717) is 0 Å². The fourth-order valence-electron chi connectivity index (χ4n) is 3.60. The molecule has 88 valence electrons. The zero-order valence-electron chi connectivity index (χ0n) is 9.89. The van der Waals surface area contributed by atoms with Crippen LogP contribution < -0.4 is 0 Å². The lowest BCUT2D eigenvalue weighted by atomic mass is 9.75. The number of H-pyrrole nitrogens is 1. The van der Waals surface area contributed by atoms with Crippen LogP contribution in [-0.2, 0) is 0 Å². The largest absolute Gasteiger partial charge is 0.346 e. The van der Waals surface area contributed by atoms with Crippen molar-refractivity contribution >= 4 is 11.0 Å². The summed E-state index contributed by atoms with van der Waals surface area (Å²) in [6.45, 7) is 3.86. The third kappa shape index (κ3) is 1.42. The highest BCUT2D eigenvalue weighted by Crippen LogP contribution is 2.40. The number of aromatic amines is 1. The zero-order valence-corrected chi connectivity index (χ0v) is 9.89. The van der Waals surface area contributed by atoms with Gasteiger partial charge in [-0.2, -0.15) is 0 Å². The fraction of sp³-hybridized carbons (Fsp3) is 0.500. The third-order valence-corrected chi connectivity index (χ3v) is 4.54. The van der Waals surface area contributed by atoms with Gasteiger partial charge in [-0.3, -0.25) is 0 Å². The average Bonchev–Trinajstić information content (AvgIpc) is 2.84. The van der Waals surface area contributed by atoms with Crippen LogP contribution in [0.5, 0.6) is 0 Å². The Kier molecular flexibility index (Phi) is 2.03. The van der Waals surface area contributed by atoms with Crippen LogP contribution in [0.1, 0.15) is 24.3 Å². The first kappa shape index (κ1) is 9.66. The lowest BCUT2D eigenvalue weighted by molar-refractivity contribution is 0.0876. The summed E-state index contributed by atoms with van der Waals surface area (Å²) in [6, 6.07) is 4.24. The van der Waals surface area contributed by atoms with Crippen molar-refractivity contribution < 1.29 is 0 Å². The second kappa shape index (κ2) is 3.57. The molecule has 2 bridgehead atoms. The Morgan fingerprint density at radius 2 is 2.18 bits per heavy atom. The second-order valence-corrected chi connectivity index (χ2v) is 5.39. The summed E-state index contributed by atoms with van der Waals surface area (Å²) >= 11 is 0. The first-order valence-electron chi connectivity index (χ1n) is 6.56. The molecule has 0 aliphatic carbocycles. The van der Waals surface area contributed by atoms with Crippen molar-refractivity contribution in [3.63, 3.8) is 0 Å². The van der Waals surface area contributed by atoms with Gasteiger partial charge in [0, 0.05) is 30.2 Å². The van der Waals surface area contributed by atoms with Gasteiger partial charge in [0.15, 0.2) is 0 Å². The SMILES string of the molecule is c1cnc2[nH]cc(C3CN4CCC3CC4)c2c1. The van der Waals surface area contributed by atoms with E-state index in [1.807, 2.05) is 12.3 Å². The molecule has 0 amide bonds. The standard InChI is InChI=1S/C14H17N3/c1-2-11-12(8-16-14(11)15-5-1)13-9-17-6-3-10(13)4-7-17/h1-2,5,8,10,13H,3-4,6-7,9H2,(H,15,16). The van der Waals surface area contributed by atoms with Crippen molar-refractivity contribution in [2.24, 2.45) is 5.92 Å². The summed E-state index contributed by atoms with van der Waals surface area (Å²) in [5, 5.41) is 1.33. The third-order valence-electron chi connectivity index (χ3n) is 4.54. The number of hydrogen-bond acceptors (Lipinski definition) is 2. The molecular formula is C14H17N3. The molecule has 2 aromatic heterocycles. The number of aromatic nitrogens is 2. The predicted octanol–water partition coefficient (Wildman–Crippen LogP) is 2.37. The minimum absolute atomic E-state index is 0.718. The van der Waals surface area contributed by atoms with Gasteiger partial charge in [0.05, 0.1) is 0 Å². The minimum atomic E-state index is 0.718. The molecule has 3 heteroatoms. The lowest BCUT2D eigenvalue weighted by Crippen LogP contribution is -2.46. The summed E-state index contributed by atoms with van der Waals surface area (Å²) in [7, 11) is 0. The van der Waals surface area contributed by atoms with E-state index in [2.05, 4.69) is 27.1 Å². The molecule has 5 rings (SSSR count). The molecule has 1 N–H and O–H groups in total. The maximum absolute atomic E-state index is 4.39. The van der Waals surface area contributed by atoms with E-state index in [4.69, 9.17) is 0 Å². The Hall–Kier alpha value is -1.35. The van der Waals surface area contributed by atoms with Crippen molar-refractivity contribution in [1.82, 2.24) is 14.9 Å². The molecule has 3 saturated heterocycles. The molecule has 0 saturated carbocycles. The van der Waals surface area contributed by atoms with Crippen LogP contribution in [0.15, 0.2) is 24.5 Å². The van der Waals surface area contributed by atoms with Gasteiger partial charge in [0.2, 0.25) is 0 Å². The van der Waals surface area contributed by atoms with Crippen LogP contribution in [0.3, 0.4) is 0 Å². The number of hydrogen-bond donors (Lipinski definition) is 1. The quantitative estimate of drug-likeness (QED) is 0.811. The molecule has 0 spiro atoms. The van der Waals surface area contributed by atoms with Crippen LogP contribution in [0.25, 0.3) is 11.0 Å². The predicted molar refractivity (Wildman–Crippen MR) is 68.0 cm³/mol. The van der Waals surface area contributed by atoms with Crippen molar-refractivity contribution in [1.29, 1.82) is 0 Å². The van der Waals surface area contributed by atoms with Crippen LogP contribution in [-0.4, -0.2) is 34.5 Å². The summed E-state index contributed by atoms with van der Waals surface area (Å²) in [6.07, 6.45) is 6.79. The normalized spacial score (nSPS) is 32.1. The molecule has 2 aromatic rings. The highest BCUT2D eigenvalue weighted by atomic mass is 15.1. The topological polar surface area (TPSA) is 31.9 Å². The molecule has 17 heavy (non-hydrogen) atoms. The van der Waals surface area contributed by atoms with Gasteiger partial charge >= 0.3 is 0 Å². The van der Waals surface area contributed by atoms with Crippen LogP contribution >= 0.6 is 0 Å². The van der Waals surface area contributed by atoms with E-state index in [1.54, 1.807) is 0 Å². The minimum Gasteiger partial charge on any atom is -0.346 e. The Balaban J connectivity index is 1.79. The highest BCUT2D eigenvalue weighted by Gasteiger charge is 2.35. The number of nitrogens with zero attached hydrogens (tertiary/aromatic N) is 2. The Morgan fingerprint density at radius 1 is 1.29 bits per heavy atom. The van der Waals surface area contributed by atoms with E-state index in [9.17, 15) is 0 Å². The monoisotopic (exact) mass is 227 g/mol. The number of pyridine rings is 1. The lowest BCUT2D eigenvalue weighted by Gasteiger charge is -2.44. The summed E-state index contributed by atoms with van der Waals surface area (Å²) in [5.41, 5.74) is 2.53. The Morgan fingerprint density at radius 3 is 2.94 bits per heavy atom. The molecule has 3 fully saturated rings.